The zero-order chi connectivity index (χ0) is 17.0. The number of carbonyl (C=O) groups excluding carboxylic acids is 1. The largest absolute Gasteiger partial charge is 0.366 e. The normalized spacial score (nSPS) is 12.0. The molecule has 23 heavy (non-hydrogen) atoms. The van der Waals surface area contributed by atoms with Gasteiger partial charge in [-0.15, -0.1) is 0 Å². The summed E-state index contributed by atoms with van der Waals surface area (Å²) in [5, 5.41) is 6.47. The summed E-state index contributed by atoms with van der Waals surface area (Å²) < 4.78 is 0.805. The highest BCUT2D eigenvalue weighted by molar-refractivity contribution is 9.10. The maximum atomic E-state index is 11.1. The fraction of sp³-hybridized carbons (Fsp3) is 0.312. The highest BCUT2D eigenvalue weighted by Gasteiger charge is 2.11. The van der Waals surface area contributed by atoms with Gasteiger partial charge in [-0.2, -0.15) is 4.98 Å². The molecule has 122 valence electrons. The Kier molecular flexibility index (Phi) is 5.54. The van der Waals surface area contributed by atoms with Crippen LogP contribution in [0.2, 0.25) is 0 Å². The van der Waals surface area contributed by atoms with E-state index in [1.165, 1.54) is 0 Å². The van der Waals surface area contributed by atoms with Gasteiger partial charge in [-0.3, -0.25) is 4.79 Å². The molecule has 0 aliphatic carbocycles. The van der Waals surface area contributed by atoms with Gasteiger partial charge in [0.05, 0.1) is 4.47 Å². The van der Waals surface area contributed by atoms with Gasteiger partial charge in [-0.25, -0.2) is 4.98 Å². The molecule has 1 amide bonds. The zero-order valence-electron chi connectivity index (χ0n) is 13.3. The summed E-state index contributed by atoms with van der Waals surface area (Å²) in [6.07, 6.45) is 1.70. The summed E-state index contributed by atoms with van der Waals surface area (Å²) in [5.41, 5.74) is 6.46. The molecule has 0 saturated carbocycles. The Morgan fingerprint density at radius 1 is 1.22 bits per heavy atom. The van der Waals surface area contributed by atoms with E-state index in [0.29, 0.717) is 17.4 Å². The van der Waals surface area contributed by atoms with Crippen LogP contribution in [0.5, 0.6) is 0 Å². The topological polar surface area (TPSA) is 92.9 Å². The number of benzene rings is 1. The molecular formula is C16H20BrN5O. The van der Waals surface area contributed by atoms with Gasteiger partial charge in [0.25, 0.3) is 0 Å². The third kappa shape index (κ3) is 4.66. The number of amides is 1. The number of aromatic nitrogens is 2. The Labute approximate surface area is 144 Å². The van der Waals surface area contributed by atoms with Crippen molar-refractivity contribution in [2.45, 2.75) is 26.8 Å². The average Bonchev–Trinajstić information content (AvgIpc) is 2.51. The quantitative estimate of drug-likeness (QED) is 0.715. The summed E-state index contributed by atoms with van der Waals surface area (Å²) >= 11 is 3.45. The molecule has 0 bridgehead atoms. The molecule has 6 nitrogen and oxygen atoms in total. The van der Waals surface area contributed by atoms with Crippen molar-refractivity contribution in [2.24, 2.45) is 11.7 Å². The molecule has 0 saturated heterocycles. The van der Waals surface area contributed by atoms with E-state index >= 15 is 0 Å². The lowest BCUT2D eigenvalue weighted by Gasteiger charge is -2.19. The lowest BCUT2D eigenvalue weighted by Crippen LogP contribution is -2.22. The second-order valence-corrected chi connectivity index (χ2v) is 6.49. The molecule has 2 rings (SSSR count). The molecule has 1 atom stereocenters. The smallest absolute Gasteiger partial charge is 0.248 e. The van der Waals surface area contributed by atoms with Crippen LogP contribution in [0, 0.1) is 5.92 Å². The Hall–Kier alpha value is -2.15. The number of nitrogens with two attached hydrogens (primary N) is 1. The minimum absolute atomic E-state index is 0.281. The predicted octanol–water partition coefficient (Wildman–Crippen LogP) is 3.54. The molecule has 0 spiro atoms. The summed E-state index contributed by atoms with van der Waals surface area (Å²) in [6.45, 7) is 6.40. The Morgan fingerprint density at radius 3 is 2.43 bits per heavy atom. The Balaban J connectivity index is 2.15. The second-order valence-electron chi connectivity index (χ2n) is 5.63. The van der Waals surface area contributed by atoms with Crippen LogP contribution in [0.15, 0.2) is 34.9 Å². The molecule has 2 aromatic rings. The molecule has 0 aliphatic heterocycles. The number of primary amides is 1. The maximum Gasteiger partial charge on any atom is 0.248 e. The number of rotatable bonds is 6. The van der Waals surface area contributed by atoms with Gasteiger partial charge in [0.2, 0.25) is 11.9 Å². The van der Waals surface area contributed by atoms with Crippen molar-refractivity contribution < 1.29 is 4.79 Å². The fourth-order valence-electron chi connectivity index (χ4n) is 1.76. The minimum Gasteiger partial charge on any atom is -0.366 e. The van der Waals surface area contributed by atoms with Crippen LogP contribution in [0.3, 0.4) is 0 Å². The van der Waals surface area contributed by atoms with Gasteiger partial charge >= 0.3 is 0 Å². The predicted molar refractivity (Wildman–Crippen MR) is 95.9 cm³/mol. The van der Waals surface area contributed by atoms with Crippen molar-refractivity contribution in [3.8, 4) is 0 Å². The van der Waals surface area contributed by atoms with Gasteiger partial charge in [-0.1, -0.05) is 13.8 Å². The monoisotopic (exact) mass is 377 g/mol. The van der Waals surface area contributed by atoms with E-state index in [9.17, 15) is 4.79 Å². The van der Waals surface area contributed by atoms with Crippen LogP contribution in [0.1, 0.15) is 31.1 Å². The summed E-state index contributed by atoms with van der Waals surface area (Å²) in [5.74, 6) is 1.23. The first-order valence-corrected chi connectivity index (χ1v) is 8.12. The van der Waals surface area contributed by atoms with Gasteiger partial charge in [0.1, 0.15) is 5.82 Å². The van der Waals surface area contributed by atoms with E-state index in [-0.39, 0.29) is 6.04 Å². The molecule has 4 N–H and O–H groups in total. The van der Waals surface area contributed by atoms with E-state index in [0.717, 1.165) is 16.0 Å². The van der Waals surface area contributed by atoms with Crippen LogP contribution < -0.4 is 16.4 Å². The highest BCUT2D eigenvalue weighted by Crippen LogP contribution is 2.23. The lowest BCUT2D eigenvalue weighted by molar-refractivity contribution is 0.100. The fourth-order valence-corrected chi connectivity index (χ4v) is 2.06. The number of nitrogens with zero attached hydrogens (tertiary/aromatic N) is 2. The molecule has 1 heterocycles. The third-order valence-electron chi connectivity index (χ3n) is 3.53. The van der Waals surface area contributed by atoms with E-state index < -0.39 is 5.91 Å². The molecule has 1 unspecified atom stereocenters. The first kappa shape index (κ1) is 17.2. The van der Waals surface area contributed by atoms with Crippen LogP contribution in [0.25, 0.3) is 0 Å². The molecule has 0 radical (unpaired) electrons. The van der Waals surface area contributed by atoms with Gasteiger partial charge in [-0.05, 0) is 53.0 Å². The van der Waals surface area contributed by atoms with Crippen molar-refractivity contribution in [3.05, 3.63) is 40.5 Å². The molecular weight excluding hydrogens is 358 g/mol. The Bertz CT molecular complexity index is 687. The SMILES string of the molecule is CC(C)C(C)Nc1nc(Nc2ccc(C(N)=O)cc2)ncc1Br. The van der Waals surface area contributed by atoms with Crippen LogP contribution in [-0.4, -0.2) is 21.9 Å². The van der Waals surface area contributed by atoms with Gasteiger partial charge in [0, 0.05) is 23.5 Å². The lowest BCUT2D eigenvalue weighted by atomic mass is 10.1. The van der Waals surface area contributed by atoms with Crippen LogP contribution >= 0.6 is 15.9 Å². The van der Waals surface area contributed by atoms with Crippen molar-refractivity contribution in [1.82, 2.24) is 9.97 Å². The maximum absolute atomic E-state index is 11.1. The number of carbonyl (C=O) groups is 1. The Morgan fingerprint density at radius 2 is 1.87 bits per heavy atom. The minimum atomic E-state index is -0.453. The zero-order valence-corrected chi connectivity index (χ0v) is 14.9. The first-order valence-electron chi connectivity index (χ1n) is 7.32. The van der Waals surface area contributed by atoms with Gasteiger partial charge in [0.15, 0.2) is 0 Å². The van der Waals surface area contributed by atoms with E-state index in [1.807, 2.05) is 0 Å². The summed E-state index contributed by atoms with van der Waals surface area (Å²) in [6, 6.07) is 7.11. The van der Waals surface area contributed by atoms with E-state index in [4.69, 9.17) is 5.73 Å². The van der Waals surface area contributed by atoms with E-state index in [2.05, 4.69) is 57.3 Å². The standard InChI is InChI=1S/C16H20BrN5O/c1-9(2)10(3)20-15-13(17)8-19-16(22-15)21-12-6-4-11(5-7-12)14(18)23/h4-10H,1-3H3,(H2,18,23)(H2,19,20,21,22). The van der Waals surface area contributed by atoms with Crippen LogP contribution in [0.4, 0.5) is 17.5 Å². The van der Waals surface area contributed by atoms with Crippen molar-refractivity contribution in [3.63, 3.8) is 0 Å². The number of hydrogen-bond donors (Lipinski definition) is 3. The third-order valence-corrected chi connectivity index (χ3v) is 4.11. The molecule has 0 aliphatic rings. The second kappa shape index (κ2) is 7.41. The first-order chi connectivity index (χ1) is 10.9. The number of anilines is 3. The number of nitrogens with one attached hydrogen (secondary N) is 2. The van der Waals surface area contributed by atoms with Crippen LogP contribution in [-0.2, 0) is 0 Å². The summed E-state index contributed by atoms with van der Waals surface area (Å²) in [7, 11) is 0. The van der Waals surface area contributed by atoms with Gasteiger partial charge < -0.3 is 16.4 Å². The molecule has 0 fully saturated rings. The van der Waals surface area contributed by atoms with E-state index in [1.54, 1.807) is 30.5 Å². The number of halogens is 1. The van der Waals surface area contributed by atoms with Crippen molar-refractivity contribution >= 4 is 39.3 Å². The molecule has 1 aromatic heterocycles. The molecule has 7 heteroatoms. The highest BCUT2D eigenvalue weighted by atomic mass is 79.9. The number of hydrogen-bond acceptors (Lipinski definition) is 5. The molecule has 1 aromatic carbocycles. The van der Waals surface area contributed by atoms with Crippen molar-refractivity contribution in [1.29, 1.82) is 0 Å². The average molecular weight is 378 g/mol. The summed E-state index contributed by atoms with van der Waals surface area (Å²) in [4.78, 5) is 19.8. The van der Waals surface area contributed by atoms with Crippen molar-refractivity contribution in [2.75, 3.05) is 10.6 Å².